The van der Waals surface area contributed by atoms with Crippen LogP contribution in [0.5, 0.6) is 0 Å². The van der Waals surface area contributed by atoms with Gasteiger partial charge in [0.05, 0.1) is 17.3 Å². The van der Waals surface area contributed by atoms with Crippen LogP contribution in [0.1, 0.15) is 22.1 Å². The molecule has 0 spiro atoms. The maximum atomic E-state index is 12.9. The standard InChI is InChI=1S/C18H16O2S/c19-21(14-17-12-7-13-20-17)18(15-8-3-1-4-9-15)16-10-5-2-6-11-16/h1-13,18H,14H2/t21-/m1/s1. The molecule has 1 aromatic heterocycles. The molecule has 0 amide bonds. The van der Waals surface area contributed by atoms with Crippen molar-refractivity contribution in [1.29, 1.82) is 0 Å². The predicted molar refractivity (Wildman–Crippen MR) is 85.3 cm³/mol. The van der Waals surface area contributed by atoms with Crippen molar-refractivity contribution in [3.05, 3.63) is 95.9 Å². The van der Waals surface area contributed by atoms with Crippen molar-refractivity contribution >= 4 is 10.8 Å². The minimum atomic E-state index is -1.08. The Bertz CT molecular complexity index is 651. The first-order chi connectivity index (χ1) is 10.3. The Hall–Kier alpha value is -2.13. The van der Waals surface area contributed by atoms with E-state index in [1.54, 1.807) is 6.26 Å². The van der Waals surface area contributed by atoms with E-state index in [-0.39, 0.29) is 5.25 Å². The van der Waals surface area contributed by atoms with Crippen molar-refractivity contribution in [3.63, 3.8) is 0 Å². The molecular formula is C18H16O2S. The van der Waals surface area contributed by atoms with Crippen molar-refractivity contribution in [2.75, 3.05) is 0 Å². The summed E-state index contributed by atoms with van der Waals surface area (Å²) in [5, 5.41) is -0.141. The molecule has 106 valence electrons. The van der Waals surface area contributed by atoms with E-state index in [0.717, 1.165) is 16.9 Å². The lowest BCUT2D eigenvalue weighted by Gasteiger charge is -2.17. The molecule has 0 bridgehead atoms. The summed E-state index contributed by atoms with van der Waals surface area (Å²) >= 11 is 0. The summed E-state index contributed by atoms with van der Waals surface area (Å²) in [7, 11) is -1.08. The largest absolute Gasteiger partial charge is 0.468 e. The van der Waals surface area contributed by atoms with Crippen LogP contribution in [0.3, 0.4) is 0 Å². The number of hydrogen-bond acceptors (Lipinski definition) is 2. The Morgan fingerprint density at radius 2 is 1.38 bits per heavy atom. The van der Waals surface area contributed by atoms with Gasteiger partial charge in [0.2, 0.25) is 0 Å². The Morgan fingerprint density at radius 1 is 0.810 bits per heavy atom. The topological polar surface area (TPSA) is 30.2 Å². The van der Waals surface area contributed by atoms with Gasteiger partial charge in [0.15, 0.2) is 0 Å². The molecule has 3 rings (SSSR count). The zero-order chi connectivity index (χ0) is 14.5. The number of benzene rings is 2. The summed E-state index contributed by atoms with van der Waals surface area (Å²) in [5.74, 6) is 1.17. The van der Waals surface area contributed by atoms with Gasteiger partial charge in [-0.1, -0.05) is 60.7 Å². The van der Waals surface area contributed by atoms with E-state index in [2.05, 4.69) is 0 Å². The van der Waals surface area contributed by atoms with Crippen LogP contribution in [0.25, 0.3) is 0 Å². The third kappa shape index (κ3) is 3.31. The fraction of sp³-hybridized carbons (Fsp3) is 0.111. The highest BCUT2D eigenvalue weighted by Gasteiger charge is 2.21. The summed E-state index contributed by atoms with van der Waals surface area (Å²) < 4.78 is 18.2. The number of hydrogen-bond donors (Lipinski definition) is 0. The SMILES string of the molecule is O=[S@](Cc1ccco1)C(c1ccccc1)c1ccccc1. The van der Waals surface area contributed by atoms with E-state index in [4.69, 9.17) is 4.42 Å². The number of furan rings is 1. The normalized spacial score (nSPS) is 12.4. The molecular weight excluding hydrogens is 280 g/mol. The fourth-order valence-electron chi connectivity index (χ4n) is 2.37. The zero-order valence-corrected chi connectivity index (χ0v) is 12.3. The van der Waals surface area contributed by atoms with Crippen LogP contribution < -0.4 is 0 Å². The van der Waals surface area contributed by atoms with Crippen LogP contribution in [0.4, 0.5) is 0 Å². The van der Waals surface area contributed by atoms with Crippen LogP contribution in [-0.4, -0.2) is 4.21 Å². The lowest BCUT2D eigenvalue weighted by Crippen LogP contribution is -2.10. The van der Waals surface area contributed by atoms with Gasteiger partial charge in [-0.2, -0.15) is 0 Å². The second-order valence-corrected chi connectivity index (χ2v) is 6.33. The van der Waals surface area contributed by atoms with Crippen molar-refractivity contribution in [2.24, 2.45) is 0 Å². The van der Waals surface area contributed by atoms with Crippen LogP contribution in [0.15, 0.2) is 83.5 Å². The van der Waals surface area contributed by atoms with Crippen LogP contribution in [0, 0.1) is 0 Å². The molecule has 3 heteroatoms. The highest BCUT2D eigenvalue weighted by Crippen LogP contribution is 2.29. The average Bonchev–Trinajstić information content (AvgIpc) is 3.02. The zero-order valence-electron chi connectivity index (χ0n) is 11.5. The van der Waals surface area contributed by atoms with E-state index in [1.165, 1.54) is 0 Å². The summed E-state index contributed by atoms with van der Waals surface area (Å²) in [6.45, 7) is 0. The Kier molecular flexibility index (Phi) is 4.31. The smallest absolute Gasteiger partial charge is 0.116 e. The van der Waals surface area contributed by atoms with Crippen LogP contribution in [0.2, 0.25) is 0 Å². The predicted octanol–water partition coefficient (Wildman–Crippen LogP) is 4.32. The molecule has 1 atom stereocenters. The second kappa shape index (κ2) is 6.55. The molecule has 0 aliphatic heterocycles. The van der Waals surface area contributed by atoms with Crippen molar-refractivity contribution in [3.8, 4) is 0 Å². The molecule has 0 saturated heterocycles. The van der Waals surface area contributed by atoms with Crippen molar-refractivity contribution in [2.45, 2.75) is 11.0 Å². The Balaban J connectivity index is 1.95. The first-order valence-electron chi connectivity index (χ1n) is 6.84. The number of rotatable bonds is 5. The lowest BCUT2D eigenvalue weighted by atomic mass is 10.0. The molecule has 2 aromatic carbocycles. The molecule has 0 fully saturated rings. The lowest BCUT2D eigenvalue weighted by molar-refractivity contribution is 0.527. The van der Waals surface area contributed by atoms with Gasteiger partial charge in [0, 0.05) is 10.8 Å². The van der Waals surface area contributed by atoms with E-state index in [1.807, 2.05) is 72.8 Å². The third-order valence-electron chi connectivity index (χ3n) is 3.33. The van der Waals surface area contributed by atoms with Gasteiger partial charge in [-0.05, 0) is 23.3 Å². The van der Waals surface area contributed by atoms with Gasteiger partial charge in [0.25, 0.3) is 0 Å². The molecule has 0 saturated carbocycles. The summed E-state index contributed by atoms with van der Waals surface area (Å²) in [4.78, 5) is 0. The highest BCUT2D eigenvalue weighted by atomic mass is 32.2. The molecule has 0 N–H and O–H groups in total. The molecule has 1 heterocycles. The maximum Gasteiger partial charge on any atom is 0.116 e. The average molecular weight is 296 g/mol. The van der Waals surface area contributed by atoms with Crippen LogP contribution >= 0.6 is 0 Å². The first-order valence-corrected chi connectivity index (χ1v) is 8.22. The Morgan fingerprint density at radius 3 is 1.86 bits per heavy atom. The first kappa shape index (κ1) is 13.8. The van der Waals surface area contributed by atoms with Gasteiger partial charge in [-0.25, -0.2) is 0 Å². The van der Waals surface area contributed by atoms with E-state index in [9.17, 15) is 4.21 Å². The summed E-state index contributed by atoms with van der Waals surface area (Å²) in [6, 6.07) is 23.7. The van der Waals surface area contributed by atoms with Gasteiger partial charge in [-0.15, -0.1) is 0 Å². The second-order valence-electron chi connectivity index (χ2n) is 4.81. The van der Waals surface area contributed by atoms with E-state index >= 15 is 0 Å². The van der Waals surface area contributed by atoms with Gasteiger partial charge in [0.1, 0.15) is 5.76 Å². The van der Waals surface area contributed by atoms with Gasteiger partial charge in [-0.3, -0.25) is 4.21 Å². The van der Waals surface area contributed by atoms with Gasteiger partial charge < -0.3 is 4.42 Å². The molecule has 2 nitrogen and oxygen atoms in total. The minimum Gasteiger partial charge on any atom is -0.468 e. The maximum absolute atomic E-state index is 12.9. The molecule has 0 aliphatic carbocycles. The molecule has 3 aromatic rings. The van der Waals surface area contributed by atoms with Crippen molar-refractivity contribution in [1.82, 2.24) is 0 Å². The highest BCUT2D eigenvalue weighted by molar-refractivity contribution is 7.84. The van der Waals surface area contributed by atoms with E-state index < -0.39 is 10.8 Å². The Labute approximate surface area is 126 Å². The minimum absolute atomic E-state index is 0.141. The third-order valence-corrected chi connectivity index (χ3v) is 4.97. The molecule has 0 radical (unpaired) electrons. The van der Waals surface area contributed by atoms with E-state index in [0.29, 0.717) is 5.75 Å². The van der Waals surface area contributed by atoms with Crippen LogP contribution in [-0.2, 0) is 16.6 Å². The molecule has 21 heavy (non-hydrogen) atoms. The monoisotopic (exact) mass is 296 g/mol. The molecule has 0 unspecified atom stereocenters. The fourth-order valence-corrected chi connectivity index (χ4v) is 3.90. The summed E-state index contributed by atoms with van der Waals surface area (Å²) in [6.07, 6.45) is 1.62. The molecule has 0 aliphatic rings. The summed E-state index contributed by atoms with van der Waals surface area (Å²) in [5.41, 5.74) is 2.13. The van der Waals surface area contributed by atoms with Gasteiger partial charge >= 0.3 is 0 Å². The quantitative estimate of drug-likeness (QED) is 0.702. The van der Waals surface area contributed by atoms with Crippen molar-refractivity contribution < 1.29 is 8.63 Å².